The lowest BCUT2D eigenvalue weighted by Gasteiger charge is -2.11. The number of aliphatic hydroxyl groups is 1. The molecule has 1 unspecified atom stereocenters. The fourth-order valence-electron chi connectivity index (χ4n) is 1.75. The summed E-state index contributed by atoms with van der Waals surface area (Å²) in [6.45, 7) is -0.0424. The number of nitrogens with one attached hydrogen (secondary N) is 1. The molecule has 6 nitrogen and oxygen atoms in total. The van der Waals surface area contributed by atoms with Gasteiger partial charge in [-0.25, -0.2) is 0 Å². The van der Waals surface area contributed by atoms with Gasteiger partial charge in [-0.2, -0.15) is 11.3 Å². The summed E-state index contributed by atoms with van der Waals surface area (Å²) in [5.41, 5.74) is 0.104. The van der Waals surface area contributed by atoms with Crippen molar-refractivity contribution >= 4 is 34.5 Å². The molecule has 1 amide bonds. The van der Waals surface area contributed by atoms with E-state index in [4.69, 9.17) is 11.6 Å². The first-order valence-electron chi connectivity index (χ1n) is 5.92. The van der Waals surface area contributed by atoms with Gasteiger partial charge in [-0.1, -0.05) is 17.7 Å². The van der Waals surface area contributed by atoms with Crippen molar-refractivity contribution in [3.8, 4) is 0 Å². The molecule has 2 rings (SSSR count). The Bertz CT molecular complexity index is 660. The second-order valence-corrected chi connectivity index (χ2v) is 5.36. The first-order chi connectivity index (χ1) is 10.0. The van der Waals surface area contributed by atoms with E-state index in [1.165, 1.54) is 29.5 Å². The average Bonchev–Trinajstić information content (AvgIpc) is 2.97. The van der Waals surface area contributed by atoms with E-state index < -0.39 is 22.6 Å². The van der Waals surface area contributed by atoms with Gasteiger partial charge < -0.3 is 10.4 Å². The van der Waals surface area contributed by atoms with Crippen molar-refractivity contribution in [1.29, 1.82) is 0 Å². The zero-order chi connectivity index (χ0) is 15.4. The Kier molecular flexibility index (Phi) is 4.89. The highest BCUT2D eigenvalue weighted by atomic mass is 35.5. The van der Waals surface area contributed by atoms with Gasteiger partial charge in [0, 0.05) is 6.54 Å². The molecule has 2 aromatic rings. The number of amides is 1. The molecule has 1 heterocycles. The molecular weight excluding hydrogens is 316 g/mol. The molecule has 0 bridgehead atoms. The zero-order valence-electron chi connectivity index (χ0n) is 10.7. The first kappa shape index (κ1) is 15.4. The molecule has 1 aromatic carbocycles. The Balaban J connectivity index is 2.11. The van der Waals surface area contributed by atoms with Crippen LogP contribution in [-0.4, -0.2) is 22.5 Å². The smallest absolute Gasteiger partial charge is 0.300 e. The number of nitro benzene ring substituents is 1. The Morgan fingerprint density at radius 3 is 2.86 bits per heavy atom. The molecule has 0 spiro atoms. The van der Waals surface area contributed by atoms with Crippen LogP contribution in [0.1, 0.15) is 22.0 Å². The molecule has 0 aliphatic carbocycles. The van der Waals surface area contributed by atoms with Crippen LogP contribution in [-0.2, 0) is 0 Å². The summed E-state index contributed by atoms with van der Waals surface area (Å²) in [5.74, 6) is -0.654. The Labute approximate surface area is 129 Å². The van der Waals surface area contributed by atoms with Crippen LogP contribution in [0.15, 0.2) is 35.0 Å². The molecule has 0 fully saturated rings. The van der Waals surface area contributed by atoms with Gasteiger partial charge in [0.25, 0.3) is 5.91 Å². The number of thiophene rings is 1. The van der Waals surface area contributed by atoms with Crippen LogP contribution in [0.2, 0.25) is 5.02 Å². The van der Waals surface area contributed by atoms with E-state index in [9.17, 15) is 20.0 Å². The summed E-state index contributed by atoms with van der Waals surface area (Å²) in [6.07, 6.45) is -0.863. The van der Waals surface area contributed by atoms with E-state index in [0.717, 1.165) is 0 Å². The number of hydrogen-bond donors (Lipinski definition) is 2. The van der Waals surface area contributed by atoms with Crippen molar-refractivity contribution in [1.82, 2.24) is 5.32 Å². The van der Waals surface area contributed by atoms with Crippen molar-refractivity contribution in [3.05, 3.63) is 61.3 Å². The minimum absolute atomic E-state index is 0.0424. The summed E-state index contributed by atoms with van der Waals surface area (Å²) >= 11 is 7.17. The summed E-state index contributed by atoms with van der Waals surface area (Å²) in [6, 6.07) is 5.86. The van der Waals surface area contributed by atoms with Crippen molar-refractivity contribution in [3.63, 3.8) is 0 Å². The second kappa shape index (κ2) is 6.66. The standard InChI is InChI=1S/C13H11ClN2O4S/c14-10-3-1-2-9(12(10)16(19)20)13(18)15-6-11(17)8-4-5-21-7-8/h1-5,7,11,17H,6H2,(H,15,18). The Morgan fingerprint density at radius 2 is 2.24 bits per heavy atom. The van der Waals surface area contributed by atoms with Gasteiger partial charge >= 0.3 is 5.69 Å². The zero-order valence-corrected chi connectivity index (χ0v) is 12.2. The number of benzene rings is 1. The van der Waals surface area contributed by atoms with Crippen molar-refractivity contribution in [2.45, 2.75) is 6.10 Å². The third-order valence-electron chi connectivity index (χ3n) is 2.80. The van der Waals surface area contributed by atoms with Gasteiger partial charge in [0.05, 0.1) is 11.0 Å². The first-order valence-corrected chi connectivity index (χ1v) is 7.24. The maximum atomic E-state index is 12.0. The topological polar surface area (TPSA) is 92.5 Å². The fourth-order valence-corrected chi connectivity index (χ4v) is 2.70. The summed E-state index contributed by atoms with van der Waals surface area (Å²) in [5, 5.41) is 26.8. The SMILES string of the molecule is O=C(NCC(O)c1ccsc1)c1cccc(Cl)c1[N+](=O)[O-]. The van der Waals surface area contributed by atoms with E-state index >= 15 is 0 Å². The molecular formula is C13H11ClN2O4S. The van der Waals surface area contributed by atoms with Crippen molar-refractivity contribution in [2.24, 2.45) is 0 Å². The van der Waals surface area contributed by atoms with Gasteiger partial charge in [0.1, 0.15) is 10.6 Å². The van der Waals surface area contributed by atoms with Gasteiger partial charge in [-0.15, -0.1) is 0 Å². The number of aliphatic hydroxyl groups excluding tert-OH is 1. The largest absolute Gasteiger partial charge is 0.387 e. The van der Waals surface area contributed by atoms with E-state index in [2.05, 4.69) is 5.32 Å². The molecule has 1 aromatic heterocycles. The van der Waals surface area contributed by atoms with E-state index in [-0.39, 0.29) is 17.1 Å². The van der Waals surface area contributed by atoms with Crippen molar-refractivity contribution in [2.75, 3.05) is 6.54 Å². The molecule has 0 saturated heterocycles. The van der Waals surface area contributed by atoms with Crippen LogP contribution in [0.25, 0.3) is 0 Å². The highest BCUT2D eigenvalue weighted by Gasteiger charge is 2.23. The minimum atomic E-state index is -0.863. The van der Waals surface area contributed by atoms with E-state index in [1.54, 1.807) is 11.4 Å². The molecule has 8 heteroatoms. The lowest BCUT2D eigenvalue weighted by Crippen LogP contribution is -2.28. The number of para-hydroxylation sites is 1. The highest BCUT2D eigenvalue weighted by Crippen LogP contribution is 2.28. The van der Waals surface area contributed by atoms with Crippen LogP contribution in [0.4, 0.5) is 5.69 Å². The quantitative estimate of drug-likeness (QED) is 0.652. The molecule has 0 aliphatic rings. The van der Waals surface area contributed by atoms with Gasteiger partial charge in [0.2, 0.25) is 0 Å². The average molecular weight is 327 g/mol. The summed E-state index contributed by atoms with van der Waals surface area (Å²) < 4.78 is 0. The third-order valence-corrected chi connectivity index (χ3v) is 3.80. The normalized spacial score (nSPS) is 11.9. The maximum absolute atomic E-state index is 12.0. The van der Waals surface area contributed by atoms with Crippen molar-refractivity contribution < 1.29 is 14.8 Å². The van der Waals surface area contributed by atoms with Gasteiger partial charge in [-0.05, 0) is 34.5 Å². The summed E-state index contributed by atoms with van der Waals surface area (Å²) in [4.78, 5) is 22.3. The predicted molar refractivity (Wildman–Crippen MR) is 79.7 cm³/mol. The van der Waals surface area contributed by atoms with Crippen LogP contribution in [0, 0.1) is 10.1 Å². The molecule has 110 valence electrons. The van der Waals surface area contributed by atoms with Gasteiger partial charge in [-0.3, -0.25) is 14.9 Å². The summed E-state index contributed by atoms with van der Waals surface area (Å²) in [7, 11) is 0. The molecule has 21 heavy (non-hydrogen) atoms. The van der Waals surface area contributed by atoms with E-state index in [1.807, 2.05) is 5.38 Å². The molecule has 2 N–H and O–H groups in total. The number of halogens is 1. The van der Waals surface area contributed by atoms with Crippen LogP contribution in [0.5, 0.6) is 0 Å². The number of nitrogens with zero attached hydrogens (tertiary/aromatic N) is 1. The van der Waals surface area contributed by atoms with E-state index in [0.29, 0.717) is 5.56 Å². The predicted octanol–water partition coefficient (Wildman–Crippen LogP) is 2.77. The molecule has 0 radical (unpaired) electrons. The highest BCUT2D eigenvalue weighted by molar-refractivity contribution is 7.07. The fraction of sp³-hybridized carbons (Fsp3) is 0.154. The monoisotopic (exact) mass is 326 g/mol. The number of carbonyl (C=O) groups excluding carboxylic acids is 1. The Hall–Kier alpha value is -1.96. The number of rotatable bonds is 5. The number of hydrogen-bond acceptors (Lipinski definition) is 5. The lowest BCUT2D eigenvalue weighted by molar-refractivity contribution is -0.385. The Morgan fingerprint density at radius 1 is 1.48 bits per heavy atom. The van der Waals surface area contributed by atoms with Gasteiger partial charge in [0.15, 0.2) is 0 Å². The number of nitro groups is 1. The van der Waals surface area contributed by atoms with Crippen LogP contribution < -0.4 is 5.32 Å². The second-order valence-electron chi connectivity index (χ2n) is 4.18. The van der Waals surface area contributed by atoms with Crippen LogP contribution in [0.3, 0.4) is 0 Å². The molecule has 1 atom stereocenters. The lowest BCUT2D eigenvalue weighted by atomic mass is 10.1. The third kappa shape index (κ3) is 3.57. The molecule has 0 saturated carbocycles. The minimum Gasteiger partial charge on any atom is -0.387 e. The van der Waals surface area contributed by atoms with Crippen LogP contribution >= 0.6 is 22.9 Å². The molecule has 0 aliphatic heterocycles. The maximum Gasteiger partial charge on any atom is 0.300 e. The number of carbonyl (C=O) groups is 1.